The van der Waals surface area contributed by atoms with E-state index in [4.69, 9.17) is 0 Å². The van der Waals surface area contributed by atoms with E-state index in [1.807, 2.05) is 20.8 Å². The molecule has 1 aliphatic rings. The molecule has 2 aromatic rings. The average Bonchev–Trinajstić information content (AvgIpc) is 3.38. The van der Waals surface area contributed by atoms with Crippen LogP contribution < -0.4 is 10.0 Å². The molecule has 0 saturated carbocycles. The van der Waals surface area contributed by atoms with E-state index >= 15 is 0 Å². The second kappa shape index (κ2) is 9.57. The van der Waals surface area contributed by atoms with Gasteiger partial charge in [-0.25, -0.2) is 17.8 Å². The highest BCUT2D eigenvalue weighted by Gasteiger charge is 2.45. The van der Waals surface area contributed by atoms with Gasteiger partial charge in [0.25, 0.3) is 0 Å². The molecular formula is C21H30N6O5S. The lowest BCUT2D eigenvalue weighted by atomic mass is 9.85. The standard InChI is InChI=1S/C21H30N6O5S/c1-21(2,3)18(20(30)26-13-15(28)10-17(26)19(29)22-4)27-12-14(24-25-27)11-23-33(31,32)16-8-6-5-7-9-16/h5-9,12,15,17-18,23,28H,10-11,13H2,1-4H3,(H,22,29)/t15?,17?,18-/m1/s1. The normalized spacial score (nSPS) is 20.0. The number of aromatic nitrogens is 3. The summed E-state index contributed by atoms with van der Waals surface area (Å²) >= 11 is 0. The number of sulfonamides is 1. The van der Waals surface area contributed by atoms with Crippen molar-refractivity contribution in [3.05, 3.63) is 42.2 Å². The quantitative estimate of drug-likeness (QED) is 0.510. The lowest BCUT2D eigenvalue weighted by Gasteiger charge is -2.34. The maximum Gasteiger partial charge on any atom is 0.248 e. The molecule has 2 amide bonds. The maximum atomic E-state index is 13.5. The van der Waals surface area contributed by atoms with Crippen LogP contribution in [0.25, 0.3) is 0 Å². The summed E-state index contributed by atoms with van der Waals surface area (Å²) in [6, 6.07) is 6.37. The van der Waals surface area contributed by atoms with Crippen molar-refractivity contribution in [2.75, 3.05) is 13.6 Å². The van der Waals surface area contributed by atoms with Gasteiger partial charge in [0.1, 0.15) is 12.1 Å². The summed E-state index contributed by atoms with van der Waals surface area (Å²) in [5.74, 6) is -0.712. The number of rotatable bonds is 7. The zero-order valence-corrected chi connectivity index (χ0v) is 19.9. The zero-order valence-electron chi connectivity index (χ0n) is 19.1. The third-order valence-corrected chi connectivity index (χ3v) is 6.90. The van der Waals surface area contributed by atoms with Crippen molar-refractivity contribution in [2.45, 2.75) is 56.8 Å². The number of nitrogens with one attached hydrogen (secondary N) is 2. The van der Waals surface area contributed by atoms with Gasteiger partial charge in [-0.1, -0.05) is 44.2 Å². The summed E-state index contributed by atoms with van der Waals surface area (Å²) in [5.41, 5.74) is -0.271. The van der Waals surface area contributed by atoms with Gasteiger partial charge < -0.3 is 15.3 Å². The third-order valence-electron chi connectivity index (χ3n) is 5.48. The van der Waals surface area contributed by atoms with Gasteiger partial charge in [0, 0.05) is 20.0 Å². The van der Waals surface area contributed by atoms with Gasteiger partial charge >= 0.3 is 0 Å². The van der Waals surface area contributed by atoms with Crippen molar-refractivity contribution in [3.8, 4) is 0 Å². The fraction of sp³-hybridized carbons (Fsp3) is 0.524. The molecule has 1 aromatic carbocycles. The molecule has 12 heteroatoms. The Labute approximate surface area is 193 Å². The molecule has 11 nitrogen and oxygen atoms in total. The van der Waals surface area contributed by atoms with E-state index in [1.165, 1.54) is 35.0 Å². The number of likely N-dealkylation sites (N-methyl/N-ethyl adjacent to an activating group) is 1. The van der Waals surface area contributed by atoms with Crippen LogP contribution in [0.3, 0.4) is 0 Å². The van der Waals surface area contributed by atoms with Crippen molar-refractivity contribution in [1.82, 2.24) is 29.9 Å². The van der Waals surface area contributed by atoms with Gasteiger partial charge in [-0.3, -0.25) is 9.59 Å². The molecule has 2 unspecified atom stereocenters. The topological polar surface area (TPSA) is 147 Å². The summed E-state index contributed by atoms with van der Waals surface area (Å²) < 4.78 is 28.8. The first-order valence-electron chi connectivity index (χ1n) is 10.6. The lowest BCUT2D eigenvalue weighted by Crippen LogP contribution is -2.49. The number of nitrogens with zero attached hydrogens (tertiary/aromatic N) is 4. The predicted molar refractivity (Wildman–Crippen MR) is 119 cm³/mol. The number of aliphatic hydroxyl groups excluding tert-OH is 1. The summed E-state index contributed by atoms with van der Waals surface area (Å²) in [5, 5.41) is 20.7. The second-order valence-electron chi connectivity index (χ2n) is 9.11. The van der Waals surface area contributed by atoms with Gasteiger partial charge in [0.15, 0.2) is 0 Å². The van der Waals surface area contributed by atoms with Crippen LogP contribution in [0.5, 0.6) is 0 Å². The Morgan fingerprint density at radius 1 is 1.24 bits per heavy atom. The molecule has 0 aliphatic carbocycles. The Kier molecular flexibility index (Phi) is 7.20. The van der Waals surface area contributed by atoms with Crippen LogP contribution in [-0.2, 0) is 26.2 Å². The Bertz CT molecular complexity index is 1100. The predicted octanol–water partition coefficient (Wildman–Crippen LogP) is 0.0516. The first kappa shape index (κ1) is 24.8. The van der Waals surface area contributed by atoms with Crippen LogP contribution in [0, 0.1) is 5.41 Å². The van der Waals surface area contributed by atoms with E-state index in [-0.39, 0.29) is 36.2 Å². The number of hydrogen-bond donors (Lipinski definition) is 3. The van der Waals surface area contributed by atoms with Crippen LogP contribution in [0.4, 0.5) is 0 Å². The number of amides is 2. The van der Waals surface area contributed by atoms with Crippen molar-refractivity contribution < 1.29 is 23.1 Å². The summed E-state index contributed by atoms with van der Waals surface area (Å²) in [4.78, 5) is 27.3. The highest BCUT2D eigenvalue weighted by Crippen LogP contribution is 2.34. The van der Waals surface area contributed by atoms with Crippen molar-refractivity contribution in [1.29, 1.82) is 0 Å². The molecular weight excluding hydrogens is 448 g/mol. The van der Waals surface area contributed by atoms with Gasteiger partial charge in [-0.2, -0.15) is 0 Å². The molecule has 0 bridgehead atoms. The summed E-state index contributed by atoms with van der Waals surface area (Å²) in [6.45, 7) is 5.51. The number of carbonyl (C=O) groups excluding carboxylic acids is 2. The summed E-state index contributed by atoms with van der Waals surface area (Å²) in [7, 11) is -2.24. The largest absolute Gasteiger partial charge is 0.391 e. The van der Waals surface area contributed by atoms with Crippen LogP contribution in [-0.4, -0.2) is 71.0 Å². The molecule has 0 radical (unpaired) electrons. The number of hydrogen-bond acceptors (Lipinski definition) is 7. The van der Waals surface area contributed by atoms with E-state index in [0.717, 1.165) is 0 Å². The Hall–Kier alpha value is -2.83. The molecule has 3 N–H and O–H groups in total. The van der Waals surface area contributed by atoms with E-state index in [9.17, 15) is 23.1 Å². The molecule has 1 aromatic heterocycles. The molecule has 1 saturated heterocycles. The lowest BCUT2D eigenvalue weighted by molar-refractivity contribution is -0.144. The fourth-order valence-electron chi connectivity index (χ4n) is 3.88. The number of benzene rings is 1. The monoisotopic (exact) mass is 478 g/mol. The van der Waals surface area contributed by atoms with Crippen molar-refractivity contribution in [3.63, 3.8) is 0 Å². The average molecular weight is 479 g/mol. The fourth-order valence-corrected chi connectivity index (χ4v) is 4.90. The van der Waals surface area contributed by atoms with E-state index in [0.29, 0.717) is 5.69 Å². The van der Waals surface area contributed by atoms with Crippen LogP contribution in [0.1, 0.15) is 38.9 Å². The van der Waals surface area contributed by atoms with Gasteiger partial charge in [0.2, 0.25) is 21.8 Å². The van der Waals surface area contributed by atoms with Gasteiger partial charge in [-0.05, 0) is 17.5 Å². The SMILES string of the molecule is CNC(=O)C1CC(O)CN1C(=O)[C@@H](n1cc(CNS(=O)(=O)c2ccccc2)nn1)C(C)(C)C. The maximum absolute atomic E-state index is 13.5. The smallest absolute Gasteiger partial charge is 0.248 e. The molecule has 3 atom stereocenters. The van der Waals surface area contributed by atoms with Gasteiger partial charge in [0.05, 0.1) is 29.4 Å². The Morgan fingerprint density at radius 2 is 1.91 bits per heavy atom. The Morgan fingerprint density at radius 3 is 2.52 bits per heavy atom. The number of likely N-dealkylation sites (tertiary alicyclic amines) is 1. The minimum Gasteiger partial charge on any atom is -0.391 e. The minimum absolute atomic E-state index is 0.0436. The van der Waals surface area contributed by atoms with Crippen LogP contribution >= 0.6 is 0 Å². The molecule has 33 heavy (non-hydrogen) atoms. The van der Waals surface area contributed by atoms with Crippen LogP contribution in [0.15, 0.2) is 41.4 Å². The minimum atomic E-state index is -3.73. The van der Waals surface area contributed by atoms with E-state index in [2.05, 4.69) is 20.4 Å². The zero-order chi connectivity index (χ0) is 24.4. The first-order valence-corrected chi connectivity index (χ1v) is 12.1. The second-order valence-corrected chi connectivity index (χ2v) is 10.9. The highest BCUT2D eigenvalue weighted by molar-refractivity contribution is 7.89. The molecule has 2 heterocycles. The molecule has 1 aliphatic heterocycles. The first-order chi connectivity index (χ1) is 15.4. The van der Waals surface area contributed by atoms with Crippen molar-refractivity contribution in [2.24, 2.45) is 5.41 Å². The number of carbonyl (C=O) groups is 2. The van der Waals surface area contributed by atoms with Crippen LogP contribution in [0.2, 0.25) is 0 Å². The van der Waals surface area contributed by atoms with Gasteiger partial charge in [-0.15, -0.1) is 5.10 Å². The van der Waals surface area contributed by atoms with Crippen molar-refractivity contribution >= 4 is 21.8 Å². The number of aliphatic hydroxyl groups is 1. The molecule has 0 spiro atoms. The molecule has 3 rings (SSSR count). The highest BCUT2D eigenvalue weighted by atomic mass is 32.2. The summed E-state index contributed by atoms with van der Waals surface area (Å²) in [6.07, 6.45) is 0.880. The van der Waals surface area contributed by atoms with E-state index < -0.39 is 33.6 Å². The molecule has 180 valence electrons. The molecule has 1 fully saturated rings. The third kappa shape index (κ3) is 5.57. The Balaban J connectivity index is 1.81. The van der Waals surface area contributed by atoms with E-state index in [1.54, 1.807) is 18.2 Å². The number of β-amino-alcohol motifs (C(OH)–C–C–N with tert-alkyl or cyclic N) is 1.